The van der Waals surface area contributed by atoms with Crippen molar-refractivity contribution in [3.05, 3.63) is 106 Å². The van der Waals surface area contributed by atoms with Crippen LogP contribution in [0.3, 0.4) is 0 Å². The quantitative estimate of drug-likeness (QED) is 0.290. The fourth-order valence-electron chi connectivity index (χ4n) is 3.30. The van der Waals surface area contributed by atoms with Gasteiger partial charge >= 0.3 is 0 Å². The fraction of sp³-hybridized carbons (Fsp3) is 0.130. The standard InChI is InChI=1S/C23H19F2N3O3S2/c1-33(30,31)27(14-16-6-4-8-18(24)12-16)28-22(29)20-10-2-3-11-21(20)26-23(28)32-15-17-7-5-9-19(25)13-17/h2-13H,14-15H2,1H3. The van der Waals surface area contributed by atoms with E-state index in [2.05, 4.69) is 4.98 Å². The van der Waals surface area contributed by atoms with E-state index in [0.29, 0.717) is 16.6 Å². The van der Waals surface area contributed by atoms with Gasteiger partial charge in [0.2, 0.25) is 10.0 Å². The van der Waals surface area contributed by atoms with Crippen molar-refractivity contribution >= 4 is 32.7 Å². The molecule has 0 aliphatic heterocycles. The summed E-state index contributed by atoms with van der Waals surface area (Å²) in [5, 5.41) is 0.352. The minimum atomic E-state index is -3.97. The first-order valence-corrected chi connectivity index (χ1v) is 12.7. The largest absolute Gasteiger partial charge is 0.281 e. The molecule has 6 nitrogen and oxygen atoms in total. The molecule has 0 unspecified atom stereocenters. The summed E-state index contributed by atoms with van der Waals surface area (Å²) in [5.41, 5.74) is 0.829. The molecule has 10 heteroatoms. The second-order valence-electron chi connectivity index (χ2n) is 7.32. The van der Waals surface area contributed by atoms with Crippen molar-refractivity contribution in [1.82, 2.24) is 9.66 Å². The van der Waals surface area contributed by atoms with E-state index in [-0.39, 0.29) is 22.8 Å². The summed E-state index contributed by atoms with van der Waals surface area (Å²) in [6.07, 6.45) is 0.967. The third-order valence-electron chi connectivity index (χ3n) is 4.79. The molecule has 1 heterocycles. The van der Waals surface area contributed by atoms with E-state index < -0.39 is 27.2 Å². The van der Waals surface area contributed by atoms with Crippen LogP contribution in [0.1, 0.15) is 11.1 Å². The Bertz CT molecular complexity index is 1490. The highest BCUT2D eigenvalue weighted by Crippen LogP contribution is 2.24. The number of aromatic nitrogens is 2. The zero-order valence-electron chi connectivity index (χ0n) is 17.5. The van der Waals surface area contributed by atoms with Crippen LogP contribution in [-0.2, 0) is 22.3 Å². The third-order valence-corrected chi connectivity index (χ3v) is 6.85. The summed E-state index contributed by atoms with van der Waals surface area (Å²) in [4.78, 5) is 17.9. The molecule has 170 valence electrons. The van der Waals surface area contributed by atoms with Crippen LogP contribution in [0.4, 0.5) is 8.78 Å². The van der Waals surface area contributed by atoms with E-state index in [0.717, 1.165) is 27.1 Å². The van der Waals surface area contributed by atoms with Crippen LogP contribution in [0.15, 0.2) is 82.7 Å². The van der Waals surface area contributed by atoms with Gasteiger partial charge in [-0.15, -0.1) is 0 Å². The number of halogens is 2. The van der Waals surface area contributed by atoms with E-state index in [4.69, 9.17) is 0 Å². The van der Waals surface area contributed by atoms with E-state index in [1.165, 1.54) is 30.3 Å². The predicted molar refractivity (Wildman–Crippen MR) is 125 cm³/mol. The summed E-state index contributed by atoms with van der Waals surface area (Å²) in [6.45, 7) is -0.274. The number of fused-ring (bicyclic) bond motifs is 1. The zero-order valence-corrected chi connectivity index (χ0v) is 19.1. The Balaban J connectivity index is 1.85. The SMILES string of the molecule is CS(=O)(=O)N(Cc1cccc(F)c1)n1c(SCc2cccc(F)c2)nc2ccccc2c1=O. The van der Waals surface area contributed by atoms with Crippen LogP contribution in [0.25, 0.3) is 10.9 Å². The molecule has 0 saturated heterocycles. The highest BCUT2D eigenvalue weighted by Gasteiger charge is 2.24. The molecule has 0 aliphatic carbocycles. The molecule has 0 spiro atoms. The second kappa shape index (κ2) is 9.32. The van der Waals surface area contributed by atoms with Crippen molar-refractivity contribution in [1.29, 1.82) is 0 Å². The molecule has 3 aromatic carbocycles. The van der Waals surface area contributed by atoms with Crippen molar-refractivity contribution in [3.8, 4) is 0 Å². The molecule has 0 radical (unpaired) electrons. The molecular formula is C23H19F2N3O3S2. The smallest absolute Gasteiger partial charge is 0.267 e. The number of sulfonamides is 1. The molecule has 0 bridgehead atoms. The van der Waals surface area contributed by atoms with Crippen LogP contribution in [-0.4, -0.2) is 24.3 Å². The molecule has 4 rings (SSSR count). The normalized spacial score (nSPS) is 11.6. The van der Waals surface area contributed by atoms with Crippen molar-refractivity contribution in [2.75, 3.05) is 10.7 Å². The van der Waals surface area contributed by atoms with Crippen molar-refractivity contribution in [3.63, 3.8) is 0 Å². The Morgan fingerprint density at radius 3 is 2.24 bits per heavy atom. The van der Waals surface area contributed by atoms with Gasteiger partial charge < -0.3 is 0 Å². The van der Waals surface area contributed by atoms with Crippen LogP contribution in [0.5, 0.6) is 0 Å². The van der Waals surface area contributed by atoms with Gasteiger partial charge in [-0.05, 0) is 47.5 Å². The maximum Gasteiger partial charge on any atom is 0.281 e. The molecular weight excluding hydrogens is 468 g/mol. The number of para-hydroxylation sites is 1. The number of hydrogen-bond acceptors (Lipinski definition) is 5. The zero-order chi connectivity index (χ0) is 23.6. The van der Waals surface area contributed by atoms with Gasteiger partial charge in [-0.3, -0.25) is 4.79 Å². The van der Waals surface area contributed by atoms with Crippen LogP contribution in [0, 0.1) is 11.6 Å². The van der Waals surface area contributed by atoms with Gasteiger partial charge in [-0.2, -0.15) is 9.09 Å². The lowest BCUT2D eigenvalue weighted by atomic mass is 10.2. The van der Waals surface area contributed by atoms with Gasteiger partial charge in [-0.25, -0.2) is 22.2 Å². The minimum absolute atomic E-state index is 0.116. The van der Waals surface area contributed by atoms with Gasteiger partial charge in [0.05, 0.1) is 23.7 Å². The molecule has 0 atom stereocenters. The summed E-state index contributed by atoms with van der Waals surface area (Å²) < 4.78 is 54.7. The molecule has 0 fully saturated rings. The predicted octanol–water partition coefficient (Wildman–Crippen LogP) is 4.06. The van der Waals surface area contributed by atoms with Gasteiger partial charge in [0.1, 0.15) is 11.6 Å². The first kappa shape index (κ1) is 22.9. The van der Waals surface area contributed by atoms with Crippen molar-refractivity contribution in [2.24, 2.45) is 0 Å². The molecule has 0 N–H and O–H groups in total. The van der Waals surface area contributed by atoms with Crippen LogP contribution >= 0.6 is 11.8 Å². The molecule has 1 aromatic heterocycles. The average Bonchev–Trinajstić information content (AvgIpc) is 2.76. The number of benzene rings is 3. The average molecular weight is 488 g/mol. The van der Waals surface area contributed by atoms with Crippen LogP contribution in [0.2, 0.25) is 0 Å². The Labute approximate surface area is 193 Å². The van der Waals surface area contributed by atoms with Crippen molar-refractivity contribution in [2.45, 2.75) is 17.5 Å². The van der Waals surface area contributed by atoms with Crippen LogP contribution < -0.4 is 9.97 Å². The molecule has 0 saturated carbocycles. The first-order chi connectivity index (χ1) is 15.7. The Hall–Kier alpha value is -3.24. The molecule has 0 amide bonds. The number of thioether (sulfide) groups is 1. The minimum Gasteiger partial charge on any atom is -0.267 e. The lowest BCUT2D eigenvalue weighted by Crippen LogP contribution is -2.46. The maximum atomic E-state index is 13.7. The molecule has 0 aliphatic rings. The number of nitrogens with zero attached hydrogens (tertiary/aromatic N) is 3. The Morgan fingerprint density at radius 1 is 0.939 bits per heavy atom. The summed E-state index contributed by atoms with van der Waals surface area (Å²) in [7, 11) is -3.97. The van der Waals surface area contributed by atoms with E-state index >= 15 is 0 Å². The Kier molecular flexibility index (Phi) is 6.48. The molecule has 4 aromatic rings. The van der Waals surface area contributed by atoms with Gasteiger partial charge in [-0.1, -0.05) is 48.2 Å². The van der Waals surface area contributed by atoms with Gasteiger partial charge in [0, 0.05) is 5.75 Å². The molecule has 33 heavy (non-hydrogen) atoms. The highest BCUT2D eigenvalue weighted by atomic mass is 32.2. The van der Waals surface area contributed by atoms with E-state index in [1.807, 2.05) is 0 Å². The lowest BCUT2D eigenvalue weighted by Gasteiger charge is -2.26. The van der Waals surface area contributed by atoms with E-state index in [1.54, 1.807) is 42.5 Å². The van der Waals surface area contributed by atoms with E-state index in [9.17, 15) is 22.0 Å². The lowest BCUT2D eigenvalue weighted by molar-refractivity contribution is 0.548. The topological polar surface area (TPSA) is 72.3 Å². The number of hydrogen-bond donors (Lipinski definition) is 0. The van der Waals surface area contributed by atoms with Gasteiger partial charge in [0.15, 0.2) is 5.16 Å². The van der Waals surface area contributed by atoms with Gasteiger partial charge in [0.25, 0.3) is 5.56 Å². The Morgan fingerprint density at radius 2 is 1.58 bits per heavy atom. The monoisotopic (exact) mass is 487 g/mol. The summed E-state index contributed by atoms with van der Waals surface area (Å²) in [6, 6.07) is 18.1. The fourth-order valence-corrected chi connectivity index (χ4v) is 5.12. The number of rotatable bonds is 7. The van der Waals surface area contributed by atoms with Crippen molar-refractivity contribution < 1.29 is 17.2 Å². The third kappa shape index (κ3) is 5.23. The first-order valence-electron chi connectivity index (χ1n) is 9.84. The maximum absolute atomic E-state index is 13.7. The second-order valence-corrected chi connectivity index (χ2v) is 10.2. The summed E-state index contributed by atoms with van der Waals surface area (Å²) in [5.74, 6) is -0.674. The highest BCUT2D eigenvalue weighted by molar-refractivity contribution is 7.98. The summed E-state index contributed by atoms with van der Waals surface area (Å²) >= 11 is 1.10.